The average molecular weight is 373 g/mol. The summed E-state index contributed by atoms with van der Waals surface area (Å²) in [7, 11) is 0. The van der Waals surface area contributed by atoms with Crippen molar-refractivity contribution in [3.63, 3.8) is 0 Å². The van der Waals surface area contributed by atoms with E-state index in [2.05, 4.69) is 24.8 Å². The summed E-state index contributed by atoms with van der Waals surface area (Å²) in [6.07, 6.45) is 8.12. The molecule has 1 unspecified atom stereocenters. The molecule has 3 atom stereocenters. The summed E-state index contributed by atoms with van der Waals surface area (Å²) in [4.78, 5) is 14.1. The molecule has 2 fully saturated rings. The summed E-state index contributed by atoms with van der Waals surface area (Å²) in [5.74, 6) is 0.645. The van der Waals surface area contributed by atoms with Gasteiger partial charge in [0.1, 0.15) is 0 Å². The van der Waals surface area contributed by atoms with E-state index in [1.165, 1.54) is 37.7 Å². The minimum absolute atomic E-state index is 0.0595. The summed E-state index contributed by atoms with van der Waals surface area (Å²) < 4.78 is 0. The third-order valence-corrected chi connectivity index (χ3v) is 7.31. The molecule has 3 rings (SSSR count). The second kappa shape index (κ2) is 8.74. The Morgan fingerprint density at radius 1 is 1.33 bits per heavy atom. The zero-order valence-corrected chi connectivity index (χ0v) is 17.0. The molecule has 1 aromatic rings. The zero-order valence-electron chi connectivity index (χ0n) is 17.0. The van der Waals surface area contributed by atoms with Crippen molar-refractivity contribution in [2.45, 2.75) is 70.3 Å². The number of aliphatic hydroxyl groups is 1. The van der Waals surface area contributed by atoms with Crippen molar-refractivity contribution in [3.05, 3.63) is 35.4 Å². The van der Waals surface area contributed by atoms with Crippen LogP contribution in [0.1, 0.15) is 74.7 Å². The fourth-order valence-electron chi connectivity index (χ4n) is 5.05. The topological polar surface area (TPSA) is 66.6 Å². The van der Waals surface area contributed by atoms with Gasteiger partial charge in [-0.25, -0.2) is 0 Å². The van der Waals surface area contributed by atoms with Crippen molar-refractivity contribution in [1.29, 1.82) is 0 Å². The van der Waals surface area contributed by atoms with E-state index < -0.39 is 0 Å². The van der Waals surface area contributed by atoms with E-state index in [9.17, 15) is 9.90 Å². The number of aliphatic hydroxyl groups excluding tert-OH is 1. The SMILES string of the molecule is C[C@@H]1CN(CCC(O)C2CCCCC2)CC[C@]1(C)c1cccc(C(N)=O)c1. The lowest BCUT2D eigenvalue weighted by molar-refractivity contribution is 0.0502. The van der Waals surface area contributed by atoms with Crippen molar-refractivity contribution >= 4 is 5.91 Å². The number of benzene rings is 1. The average Bonchev–Trinajstić information content (AvgIpc) is 2.69. The van der Waals surface area contributed by atoms with Gasteiger partial charge in [0.2, 0.25) is 5.91 Å². The molecule has 1 saturated heterocycles. The third-order valence-electron chi connectivity index (χ3n) is 7.31. The van der Waals surface area contributed by atoms with E-state index in [-0.39, 0.29) is 17.4 Å². The minimum atomic E-state index is -0.359. The molecule has 1 heterocycles. The lowest BCUT2D eigenvalue weighted by Gasteiger charge is -2.45. The molecule has 3 N–H and O–H groups in total. The van der Waals surface area contributed by atoms with Crippen molar-refractivity contribution in [2.24, 2.45) is 17.6 Å². The molecule has 2 aliphatic rings. The summed E-state index contributed by atoms with van der Waals surface area (Å²) in [6.45, 7) is 7.68. The van der Waals surface area contributed by atoms with Crippen LogP contribution in [0.2, 0.25) is 0 Å². The van der Waals surface area contributed by atoms with Gasteiger partial charge >= 0.3 is 0 Å². The Bertz CT molecular complexity index is 641. The molecule has 0 radical (unpaired) electrons. The van der Waals surface area contributed by atoms with E-state index in [1.54, 1.807) is 6.07 Å². The largest absolute Gasteiger partial charge is 0.393 e. The van der Waals surface area contributed by atoms with Crippen LogP contribution in [-0.2, 0) is 5.41 Å². The molecule has 0 spiro atoms. The third kappa shape index (κ3) is 4.72. The van der Waals surface area contributed by atoms with Gasteiger partial charge in [0.05, 0.1) is 6.10 Å². The van der Waals surface area contributed by atoms with Crippen LogP contribution in [0.3, 0.4) is 0 Å². The standard InChI is InChI=1S/C23H36N2O2/c1-17-16-25(13-11-21(26)18-7-4-3-5-8-18)14-12-23(17,2)20-10-6-9-19(15-20)22(24)27/h6,9-10,15,17-18,21,26H,3-5,7-8,11-14,16H2,1-2H3,(H2,24,27)/t17-,21?,23+/m1/s1. The molecule has 1 amide bonds. The van der Waals surface area contributed by atoms with Crippen LogP contribution < -0.4 is 5.73 Å². The van der Waals surface area contributed by atoms with Crippen molar-refractivity contribution < 1.29 is 9.90 Å². The van der Waals surface area contributed by atoms with Crippen LogP contribution in [0, 0.1) is 11.8 Å². The number of hydrogen-bond acceptors (Lipinski definition) is 3. The van der Waals surface area contributed by atoms with Crippen LogP contribution in [0.25, 0.3) is 0 Å². The molecule has 0 aromatic heterocycles. The predicted octanol–water partition coefficient (Wildman–Crippen LogP) is 3.72. The lowest BCUT2D eigenvalue weighted by Crippen LogP contribution is -2.48. The summed E-state index contributed by atoms with van der Waals surface area (Å²) in [5.41, 5.74) is 7.34. The number of carbonyl (C=O) groups excluding carboxylic acids is 1. The Morgan fingerprint density at radius 2 is 2.07 bits per heavy atom. The highest BCUT2D eigenvalue weighted by atomic mass is 16.3. The maximum Gasteiger partial charge on any atom is 0.248 e. The van der Waals surface area contributed by atoms with Gasteiger partial charge in [-0.1, -0.05) is 45.2 Å². The molecule has 4 nitrogen and oxygen atoms in total. The highest BCUT2D eigenvalue weighted by molar-refractivity contribution is 5.92. The molecule has 4 heteroatoms. The van der Waals surface area contributed by atoms with Gasteiger partial charge in [-0.3, -0.25) is 4.79 Å². The molecular formula is C23H36N2O2. The van der Waals surface area contributed by atoms with Gasteiger partial charge in [0, 0.05) is 18.7 Å². The van der Waals surface area contributed by atoms with Gasteiger partial charge < -0.3 is 15.7 Å². The quantitative estimate of drug-likeness (QED) is 0.800. The first-order chi connectivity index (χ1) is 12.9. The monoisotopic (exact) mass is 372 g/mol. The molecule has 27 heavy (non-hydrogen) atoms. The number of nitrogens with zero attached hydrogens (tertiary/aromatic N) is 1. The molecule has 1 aliphatic heterocycles. The number of hydrogen-bond donors (Lipinski definition) is 2. The minimum Gasteiger partial charge on any atom is -0.393 e. The van der Waals surface area contributed by atoms with E-state index in [0.29, 0.717) is 17.4 Å². The summed E-state index contributed by atoms with van der Waals surface area (Å²) in [5, 5.41) is 10.6. The Balaban J connectivity index is 1.56. The Hall–Kier alpha value is -1.39. The fourth-order valence-corrected chi connectivity index (χ4v) is 5.05. The number of primary amides is 1. The van der Waals surface area contributed by atoms with Crippen LogP contribution >= 0.6 is 0 Å². The summed E-state index contributed by atoms with van der Waals surface area (Å²) in [6, 6.07) is 7.84. The highest BCUT2D eigenvalue weighted by Gasteiger charge is 2.38. The van der Waals surface area contributed by atoms with Crippen LogP contribution in [-0.4, -0.2) is 41.7 Å². The lowest BCUT2D eigenvalue weighted by atomic mass is 9.67. The molecule has 1 aliphatic carbocycles. The Morgan fingerprint density at radius 3 is 2.74 bits per heavy atom. The molecule has 1 aromatic carbocycles. The second-order valence-corrected chi connectivity index (χ2v) is 9.07. The predicted molar refractivity (Wildman–Crippen MR) is 110 cm³/mol. The van der Waals surface area contributed by atoms with Crippen molar-refractivity contribution in [2.75, 3.05) is 19.6 Å². The van der Waals surface area contributed by atoms with Gasteiger partial charge in [-0.2, -0.15) is 0 Å². The molecule has 1 saturated carbocycles. The van der Waals surface area contributed by atoms with E-state index >= 15 is 0 Å². The number of piperidine rings is 1. The second-order valence-electron chi connectivity index (χ2n) is 9.07. The van der Waals surface area contributed by atoms with E-state index in [0.717, 1.165) is 32.5 Å². The first kappa shape index (κ1) is 20.3. The van der Waals surface area contributed by atoms with Crippen molar-refractivity contribution in [1.82, 2.24) is 4.90 Å². The number of rotatable bonds is 6. The van der Waals surface area contributed by atoms with Gasteiger partial charge in [0.15, 0.2) is 0 Å². The van der Waals surface area contributed by atoms with Crippen LogP contribution in [0.15, 0.2) is 24.3 Å². The molecular weight excluding hydrogens is 336 g/mol. The first-order valence-electron chi connectivity index (χ1n) is 10.7. The van der Waals surface area contributed by atoms with Gasteiger partial charge in [-0.05, 0) is 67.2 Å². The van der Waals surface area contributed by atoms with Crippen LogP contribution in [0.4, 0.5) is 0 Å². The summed E-state index contributed by atoms with van der Waals surface area (Å²) >= 11 is 0. The maximum atomic E-state index is 11.5. The van der Waals surface area contributed by atoms with Crippen LogP contribution in [0.5, 0.6) is 0 Å². The van der Waals surface area contributed by atoms with Crippen molar-refractivity contribution in [3.8, 4) is 0 Å². The fraction of sp³-hybridized carbons (Fsp3) is 0.696. The number of nitrogens with two attached hydrogens (primary N) is 1. The highest BCUT2D eigenvalue weighted by Crippen LogP contribution is 2.39. The Kier molecular flexibility index (Phi) is 6.59. The normalized spacial score (nSPS) is 28.8. The smallest absolute Gasteiger partial charge is 0.248 e. The number of amides is 1. The zero-order chi connectivity index (χ0) is 19.4. The first-order valence-corrected chi connectivity index (χ1v) is 10.7. The van der Waals surface area contributed by atoms with E-state index in [4.69, 9.17) is 5.73 Å². The molecule has 0 bridgehead atoms. The Labute approximate surface area is 164 Å². The number of likely N-dealkylation sites (tertiary alicyclic amines) is 1. The van der Waals surface area contributed by atoms with Gasteiger partial charge in [-0.15, -0.1) is 0 Å². The molecule has 150 valence electrons. The van der Waals surface area contributed by atoms with E-state index in [1.807, 2.05) is 12.1 Å². The van der Waals surface area contributed by atoms with Gasteiger partial charge in [0.25, 0.3) is 0 Å². The number of carbonyl (C=O) groups is 1. The maximum absolute atomic E-state index is 11.5.